The number of ether oxygens (including phenoxy) is 2. The van der Waals surface area contributed by atoms with Gasteiger partial charge in [0.1, 0.15) is 11.9 Å². The van der Waals surface area contributed by atoms with Gasteiger partial charge in [0.05, 0.1) is 34.4 Å². The summed E-state index contributed by atoms with van der Waals surface area (Å²) in [6.45, 7) is 15.2. The third-order valence-electron chi connectivity index (χ3n) is 22.7. The molecule has 3 aromatic rings. The number of rotatable bonds is 8. The van der Waals surface area contributed by atoms with Crippen molar-refractivity contribution < 1.29 is 34.4 Å². The molecule has 0 bridgehead atoms. The van der Waals surface area contributed by atoms with Crippen LogP contribution in [0.25, 0.3) is 11.0 Å². The minimum Gasteiger partial charge on any atom is -0.392 e. The van der Waals surface area contributed by atoms with Gasteiger partial charge < -0.3 is 39.7 Å². The fraction of sp³-hybridized carbons (Fsp3) is 0.738. The van der Waals surface area contributed by atoms with E-state index >= 15 is 4.79 Å². The Morgan fingerprint density at radius 1 is 0.901 bits per heavy atom. The van der Waals surface area contributed by atoms with E-state index < -0.39 is 45.1 Å². The van der Waals surface area contributed by atoms with E-state index in [-0.39, 0.29) is 35.1 Å². The summed E-state index contributed by atoms with van der Waals surface area (Å²) in [7, 11) is 2.05. The van der Waals surface area contributed by atoms with E-state index in [0.29, 0.717) is 82.4 Å². The first kappa shape index (κ1) is 48.8. The number of Topliss-reactive ketones (excluding diaryl/α,β-unsaturated/α-hetero) is 2. The fourth-order valence-corrected chi connectivity index (χ4v) is 18.9. The van der Waals surface area contributed by atoms with Gasteiger partial charge in [0.2, 0.25) is 0 Å². The highest BCUT2D eigenvalue weighted by atomic mass is 16.6. The molecule has 12 atom stereocenters. The zero-order valence-corrected chi connectivity index (χ0v) is 44.2. The van der Waals surface area contributed by atoms with Crippen molar-refractivity contribution >= 4 is 22.6 Å². The average molecular weight is 972 g/mol. The molecule has 1 aromatic carbocycles. The van der Waals surface area contributed by atoms with E-state index in [2.05, 4.69) is 80.2 Å². The average Bonchev–Trinajstić information content (AvgIpc) is 3.58. The number of carbonyl (C=O) groups excluding carboxylic acids is 2. The third-order valence-corrected chi connectivity index (χ3v) is 22.7. The molecule has 0 amide bonds. The maximum atomic E-state index is 15.5. The maximum Gasteiger partial charge on any atom is 0.160 e. The highest BCUT2D eigenvalue weighted by Crippen LogP contribution is 2.76. The SMILES string of the molecule is CN[C@H]1CCC[C@@]2(C1)C(=O)CC[C@@]1(C)[C@H]3[C@H](O)[C@H]4Cn5cc(Cc6cc(C7CCCCC7)cc(C7(O)CCOCC7)c6)c6[nH]cc(c65)CC[C@@](C)(C[C@@H](O)[C@H]5OC5(C)C)C5=C4[C@](C)(CC5=O)[C@@]3(C)CC[C@@H]21. The summed E-state index contributed by atoms with van der Waals surface area (Å²) >= 11 is 0. The maximum absolute atomic E-state index is 15.5. The van der Waals surface area contributed by atoms with Crippen molar-refractivity contribution in [2.24, 2.45) is 44.8 Å². The van der Waals surface area contributed by atoms with Crippen LogP contribution in [0.1, 0.15) is 191 Å². The number of H-pyrrole nitrogens is 1. The number of nitrogens with zero attached hydrogens (tertiary/aromatic N) is 1. The van der Waals surface area contributed by atoms with Crippen molar-refractivity contribution in [3.05, 3.63) is 69.6 Å². The Bertz CT molecular complexity index is 2650. The molecule has 7 fully saturated rings. The third kappa shape index (κ3) is 7.34. The zero-order valence-electron chi connectivity index (χ0n) is 44.2. The van der Waals surface area contributed by atoms with Crippen molar-refractivity contribution in [2.45, 2.75) is 218 Å². The Balaban J connectivity index is 0.998. The molecule has 1 spiro atoms. The number of hydrogen-bond acceptors (Lipinski definition) is 8. The molecule has 2 saturated heterocycles. The number of ketones is 2. The van der Waals surface area contributed by atoms with Gasteiger partial charge in [0, 0.05) is 92.6 Å². The summed E-state index contributed by atoms with van der Waals surface area (Å²) < 4.78 is 14.3. The van der Waals surface area contributed by atoms with Crippen LogP contribution in [0, 0.1) is 44.8 Å². The smallest absolute Gasteiger partial charge is 0.160 e. The number of aliphatic hydroxyl groups is 3. The number of carbonyl (C=O) groups is 2. The quantitative estimate of drug-likeness (QED) is 0.140. The molecule has 0 unspecified atom stereocenters. The lowest BCUT2D eigenvalue weighted by atomic mass is 9.33. The molecule has 6 aliphatic carbocycles. The van der Waals surface area contributed by atoms with Gasteiger partial charge in [-0.15, -0.1) is 0 Å². The summed E-state index contributed by atoms with van der Waals surface area (Å²) in [4.78, 5) is 33.9. The van der Waals surface area contributed by atoms with E-state index in [4.69, 9.17) is 9.47 Å². The largest absolute Gasteiger partial charge is 0.392 e. The Kier molecular flexibility index (Phi) is 11.6. The minimum atomic E-state index is -0.913. The predicted octanol–water partition coefficient (Wildman–Crippen LogP) is 10.3. The molecule has 12 rings (SSSR count). The highest BCUT2D eigenvalue weighted by molar-refractivity contribution is 6.02. The molecular weight excluding hydrogens is 887 g/mol. The molecule has 5 N–H and O–H groups in total. The molecule has 5 saturated carbocycles. The van der Waals surface area contributed by atoms with Gasteiger partial charge in [-0.2, -0.15) is 0 Å². The zero-order chi connectivity index (χ0) is 49.7. The number of allylic oxidation sites excluding steroid dienone is 1. The van der Waals surface area contributed by atoms with Crippen molar-refractivity contribution in [3.63, 3.8) is 0 Å². The van der Waals surface area contributed by atoms with E-state index in [1.807, 2.05) is 13.8 Å². The van der Waals surface area contributed by atoms with Gasteiger partial charge in [-0.05, 0) is 159 Å². The van der Waals surface area contributed by atoms with E-state index in [9.17, 15) is 20.1 Å². The fourth-order valence-electron chi connectivity index (χ4n) is 18.9. The van der Waals surface area contributed by atoms with Crippen LogP contribution in [0.3, 0.4) is 0 Å². The van der Waals surface area contributed by atoms with Gasteiger partial charge in [0.15, 0.2) is 5.78 Å². The number of nitrogens with one attached hydrogen (secondary N) is 2. The topological polar surface area (TPSA) is 149 Å². The van der Waals surface area contributed by atoms with Crippen molar-refractivity contribution in [1.82, 2.24) is 14.9 Å². The Hall–Kier alpha value is -3.12. The predicted molar refractivity (Wildman–Crippen MR) is 276 cm³/mol. The number of epoxide rings is 1. The van der Waals surface area contributed by atoms with Gasteiger partial charge in [0.25, 0.3) is 0 Å². The minimum absolute atomic E-state index is 0.117. The van der Waals surface area contributed by atoms with E-state index in [1.54, 1.807) is 0 Å². The Labute approximate surface area is 422 Å². The molecule has 3 aliphatic heterocycles. The first-order valence-corrected chi connectivity index (χ1v) is 28.4. The number of aliphatic hydroxyl groups excluding tert-OH is 2. The summed E-state index contributed by atoms with van der Waals surface area (Å²) in [5.41, 5.74) is 6.69. The summed E-state index contributed by atoms with van der Waals surface area (Å²) in [6, 6.07) is 7.32. The number of hydrogen-bond donors (Lipinski definition) is 5. The van der Waals surface area contributed by atoms with Crippen molar-refractivity contribution in [3.8, 4) is 0 Å². The molecule has 9 aliphatic rings. The standard InChI is InChI=1S/C61H85N3O7/c1-55(2)54(71-55)45(66)31-56(3)19-15-38-33-63-50-40(27-36-26-39(37-12-9-8-10-13-37)29-41(28-36)61(69)22-24-70-25-23-61)34-64(51(38)50)35-43-48-49(56)44(65)32-59(48,6)58(5)21-16-46-57(4,53(58)52(43)68)20-17-47(67)60(46)18-11-14-42(30-60)62-7/h26,28-29,33-34,37,42-43,45-46,52-54,62-63,66,68-69H,8-25,27,30-32,35H2,1-7H3/t42-,43-,45+,46+,52+,53+,54+,56-,57+,58-,59-,60-/m0/s1. The first-order chi connectivity index (χ1) is 33.8. The van der Waals surface area contributed by atoms with Crippen LogP contribution in [0.2, 0.25) is 0 Å². The van der Waals surface area contributed by atoms with Crippen LogP contribution in [0.5, 0.6) is 0 Å². The molecule has 2 aromatic heterocycles. The molecule has 0 radical (unpaired) electrons. The number of aromatic amines is 1. The summed E-state index contributed by atoms with van der Waals surface area (Å²) in [5, 5.41) is 41.8. The molecule has 386 valence electrons. The van der Waals surface area contributed by atoms with Gasteiger partial charge in [-0.25, -0.2) is 0 Å². The first-order valence-electron chi connectivity index (χ1n) is 28.4. The number of aryl methyl sites for hydroxylation is 1. The number of fused-ring (bicyclic) bond motifs is 5. The highest BCUT2D eigenvalue weighted by Gasteiger charge is 2.73. The Morgan fingerprint density at radius 2 is 1.66 bits per heavy atom. The van der Waals surface area contributed by atoms with Crippen LogP contribution in [0.15, 0.2) is 41.7 Å². The Morgan fingerprint density at radius 3 is 2.39 bits per heavy atom. The molecule has 5 heterocycles. The number of aromatic nitrogens is 2. The summed E-state index contributed by atoms with van der Waals surface area (Å²) in [5.74, 6) is 0.821. The lowest BCUT2D eigenvalue weighted by Crippen LogP contribution is -2.69. The molecule has 10 heteroatoms. The second-order valence-corrected chi connectivity index (χ2v) is 26.9. The van der Waals surface area contributed by atoms with Crippen molar-refractivity contribution in [2.75, 3.05) is 20.3 Å². The normalized spacial score (nSPS) is 40.4. The summed E-state index contributed by atoms with van der Waals surface area (Å²) in [6.07, 6.45) is 20.1. The van der Waals surface area contributed by atoms with Crippen LogP contribution in [-0.4, -0.2) is 86.7 Å². The van der Waals surface area contributed by atoms with Crippen molar-refractivity contribution in [1.29, 1.82) is 0 Å². The second kappa shape index (κ2) is 16.9. The van der Waals surface area contributed by atoms with Crippen LogP contribution in [0.4, 0.5) is 0 Å². The lowest BCUT2D eigenvalue weighted by molar-refractivity contribution is -0.227. The number of benzene rings is 1. The molecule has 71 heavy (non-hydrogen) atoms. The van der Waals surface area contributed by atoms with E-state index in [0.717, 1.165) is 73.6 Å². The van der Waals surface area contributed by atoms with Crippen LogP contribution in [-0.2, 0) is 44.1 Å². The molecular formula is C61H85N3O7. The van der Waals surface area contributed by atoms with Crippen LogP contribution >= 0.6 is 0 Å². The van der Waals surface area contributed by atoms with Crippen LogP contribution < -0.4 is 5.32 Å². The van der Waals surface area contributed by atoms with Gasteiger partial charge in [-0.3, -0.25) is 9.59 Å². The second-order valence-electron chi connectivity index (χ2n) is 26.9. The van der Waals surface area contributed by atoms with Gasteiger partial charge >= 0.3 is 0 Å². The van der Waals surface area contributed by atoms with E-state index in [1.165, 1.54) is 59.9 Å². The van der Waals surface area contributed by atoms with Gasteiger partial charge in [-0.1, -0.05) is 71.6 Å². The lowest BCUT2D eigenvalue weighted by Gasteiger charge is -2.71. The molecule has 10 nitrogen and oxygen atoms in total. The monoisotopic (exact) mass is 972 g/mol.